The van der Waals surface area contributed by atoms with Crippen molar-refractivity contribution in [3.8, 4) is 5.75 Å². The first-order chi connectivity index (χ1) is 10.3. The lowest BCUT2D eigenvalue weighted by Gasteiger charge is -2.32. The minimum Gasteiger partial charge on any atom is -0.488 e. The zero-order valence-electron chi connectivity index (χ0n) is 11.7. The summed E-state index contributed by atoms with van der Waals surface area (Å²) >= 11 is 0. The van der Waals surface area contributed by atoms with Gasteiger partial charge in [-0.2, -0.15) is 0 Å². The summed E-state index contributed by atoms with van der Waals surface area (Å²) < 4.78 is 5.92. The van der Waals surface area contributed by atoms with Crippen LogP contribution >= 0.6 is 0 Å². The Morgan fingerprint density at radius 1 is 1.19 bits per heavy atom. The van der Waals surface area contributed by atoms with Crippen molar-refractivity contribution >= 4 is 5.91 Å². The monoisotopic (exact) mass is 283 g/mol. The Kier molecular flexibility index (Phi) is 4.09. The zero-order valence-corrected chi connectivity index (χ0v) is 11.7. The molecule has 5 heteroatoms. The fraction of sp³-hybridized carbons (Fsp3) is 0.312. The molecule has 2 aromatic heterocycles. The third-order valence-corrected chi connectivity index (χ3v) is 3.50. The van der Waals surface area contributed by atoms with E-state index in [0.29, 0.717) is 12.2 Å². The molecule has 5 nitrogen and oxygen atoms in total. The summed E-state index contributed by atoms with van der Waals surface area (Å²) in [5.74, 6) is 0.765. The smallest absolute Gasteiger partial charge is 0.272 e. The van der Waals surface area contributed by atoms with Gasteiger partial charge < -0.3 is 9.64 Å². The number of aromatic nitrogens is 2. The van der Waals surface area contributed by atoms with Gasteiger partial charge in [-0.15, -0.1) is 0 Å². The summed E-state index contributed by atoms with van der Waals surface area (Å²) in [5, 5.41) is 0. The van der Waals surface area contributed by atoms with Gasteiger partial charge in [-0.05, 0) is 37.1 Å². The van der Waals surface area contributed by atoms with Crippen molar-refractivity contribution in [1.29, 1.82) is 0 Å². The van der Waals surface area contributed by atoms with Crippen molar-refractivity contribution < 1.29 is 9.53 Å². The van der Waals surface area contributed by atoms with E-state index >= 15 is 0 Å². The maximum Gasteiger partial charge on any atom is 0.272 e. The second-order valence-electron chi connectivity index (χ2n) is 5.03. The Labute approximate surface area is 123 Å². The molecule has 1 aliphatic rings. The fourth-order valence-corrected chi connectivity index (χ4v) is 2.48. The molecule has 108 valence electrons. The highest BCUT2D eigenvalue weighted by Gasteiger charge is 2.26. The van der Waals surface area contributed by atoms with Crippen LogP contribution in [0.4, 0.5) is 0 Å². The molecule has 3 heterocycles. The number of piperidine rings is 1. The number of likely N-dealkylation sites (tertiary alicyclic amines) is 1. The number of ether oxygens (including phenoxy) is 1. The van der Waals surface area contributed by atoms with Crippen molar-refractivity contribution in [2.45, 2.75) is 18.9 Å². The number of amides is 1. The van der Waals surface area contributed by atoms with Crippen LogP contribution in [-0.4, -0.2) is 40.0 Å². The molecule has 1 aliphatic heterocycles. The molecule has 1 saturated heterocycles. The molecule has 0 radical (unpaired) electrons. The number of nitrogens with zero attached hydrogens (tertiary/aromatic N) is 3. The van der Waals surface area contributed by atoms with Gasteiger partial charge in [-0.25, -0.2) is 0 Å². The van der Waals surface area contributed by atoms with Crippen LogP contribution < -0.4 is 4.74 Å². The highest BCUT2D eigenvalue weighted by molar-refractivity contribution is 5.92. The van der Waals surface area contributed by atoms with Gasteiger partial charge in [0.05, 0.1) is 6.54 Å². The normalized spacial score (nSPS) is 18.3. The molecule has 0 aliphatic carbocycles. The third kappa shape index (κ3) is 3.37. The van der Waals surface area contributed by atoms with Crippen molar-refractivity contribution in [2.24, 2.45) is 0 Å². The van der Waals surface area contributed by atoms with Crippen molar-refractivity contribution in [3.63, 3.8) is 0 Å². The third-order valence-electron chi connectivity index (χ3n) is 3.50. The number of carbonyl (C=O) groups excluding carboxylic acids is 1. The molecule has 1 unspecified atom stereocenters. The molecule has 3 rings (SSSR count). The van der Waals surface area contributed by atoms with E-state index in [1.807, 2.05) is 29.2 Å². The molecule has 0 N–H and O–H groups in total. The van der Waals surface area contributed by atoms with E-state index in [2.05, 4.69) is 9.97 Å². The number of hydrogen-bond donors (Lipinski definition) is 0. The van der Waals surface area contributed by atoms with Gasteiger partial charge in [0.2, 0.25) is 0 Å². The average molecular weight is 283 g/mol. The maximum atomic E-state index is 12.4. The SMILES string of the molecule is O=C(c1ccccn1)N1CCCC(Oc2ccncc2)C1. The highest BCUT2D eigenvalue weighted by atomic mass is 16.5. The molecule has 1 fully saturated rings. The molecule has 21 heavy (non-hydrogen) atoms. The number of hydrogen-bond acceptors (Lipinski definition) is 4. The minimum absolute atomic E-state index is 0.0220. The van der Waals surface area contributed by atoms with Crippen LogP contribution in [0, 0.1) is 0 Å². The van der Waals surface area contributed by atoms with E-state index in [4.69, 9.17) is 4.74 Å². The molecule has 0 bridgehead atoms. The van der Waals surface area contributed by atoms with E-state index < -0.39 is 0 Å². The number of carbonyl (C=O) groups is 1. The topological polar surface area (TPSA) is 55.3 Å². The first-order valence-corrected chi connectivity index (χ1v) is 7.10. The van der Waals surface area contributed by atoms with Crippen LogP contribution in [0.2, 0.25) is 0 Å². The maximum absolute atomic E-state index is 12.4. The van der Waals surface area contributed by atoms with E-state index in [-0.39, 0.29) is 12.0 Å². The first-order valence-electron chi connectivity index (χ1n) is 7.10. The van der Waals surface area contributed by atoms with E-state index in [9.17, 15) is 4.79 Å². The Morgan fingerprint density at radius 2 is 2.05 bits per heavy atom. The van der Waals surface area contributed by atoms with Crippen LogP contribution in [0.1, 0.15) is 23.3 Å². The molecule has 0 spiro atoms. The summed E-state index contributed by atoms with van der Waals surface area (Å²) in [6, 6.07) is 9.05. The van der Waals surface area contributed by atoms with Gasteiger partial charge in [-0.1, -0.05) is 6.07 Å². The second-order valence-corrected chi connectivity index (χ2v) is 5.03. The summed E-state index contributed by atoms with van der Waals surface area (Å²) in [7, 11) is 0. The van der Waals surface area contributed by atoms with Crippen LogP contribution in [0.15, 0.2) is 48.9 Å². The van der Waals surface area contributed by atoms with Gasteiger partial charge in [0.25, 0.3) is 5.91 Å². The minimum atomic E-state index is -0.0290. The van der Waals surface area contributed by atoms with Crippen molar-refractivity contribution in [3.05, 3.63) is 54.6 Å². The molecular formula is C16H17N3O2. The molecule has 0 aromatic carbocycles. The van der Waals surface area contributed by atoms with E-state index in [0.717, 1.165) is 25.1 Å². The standard InChI is InChI=1S/C16H17N3O2/c20-16(15-5-1-2-8-18-15)19-11-3-4-14(12-19)21-13-6-9-17-10-7-13/h1-2,5-10,14H,3-4,11-12H2. The first kappa shape index (κ1) is 13.5. The quantitative estimate of drug-likeness (QED) is 0.866. The van der Waals surface area contributed by atoms with Crippen LogP contribution in [-0.2, 0) is 0 Å². The van der Waals surface area contributed by atoms with Gasteiger partial charge in [-0.3, -0.25) is 14.8 Å². The Hall–Kier alpha value is -2.43. The number of rotatable bonds is 3. The summed E-state index contributed by atoms with van der Waals surface area (Å²) in [6.07, 6.45) is 6.96. The Morgan fingerprint density at radius 3 is 2.81 bits per heavy atom. The van der Waals surface area contributed by atoms with Crippen LogP contribution in [0.25, 0.3) is 0 Å². The molecule has 1 atom stereocenters. The Balaban J connectivity index is 1.64. The lowest BCUT2D eigenvalue weighted by molar-refractivity contribution is 0.0532. The summed E-state index contributed by atoms with van der Waals surface area (Å²) in [5.41, 5.74) is 0.488. The van der Waals surface area contributed by atoms with E-state index in [1.165, 1.54) is 0 Å². The van der Waals surface area contributed by atoms with Crippen LogP contribution in [0.5, 0.6) is 5.75 Å². The largest absolute Gasteiger partial charge is 0.488 e. The lowest BCUT2D eigenvalue weighted by Crippen LogP contribution is -2.44. The van der Waals surface area contributed by atoms with E-state index in [1.54, 1.807) is 24.7 Å². The molecular weight excluding hydrogens is 266 g/mol. The molecule has 1 amide bonds. The summed E-state index contributed by atoms with van der Waals surface area (Å²) in [4.78, 5) is 22.3. The summed E-state index contributed by atoms with van der Waals surface area (Å²) in [6.45, 7) is 1.35. The van der Waals surface area contributed by atoms with Gasteiger partial charge >= 0.3 is 0 Å². The predicted molar refractivity (Wildman–Crippen MR) is 78.0 cm³/mol. The molecule has 2 aromatic rings. The van der Waals surface area contributed by atoms with Crippen molar-refractivity contribution in [1.82, 2.24) is 14.9 Å². The zero-order chi connectivity index (χ0) is 14.5. The predicted octanol–water partition coefficient (Wildman–Crippen LogP) is 2.16. The van der Waals surface area contributed by atoms with Gasteiger partial charge in [0.1, 0.15) is 17.5 Å². The Bertz CT molecular complexity index is 589. The molecule has 0 saturated carbocycles. The van der Waals surface area contributed by atoms with Gasteiger partial charge in [0.15, 0.2) is 0 Å². The average Bonchev–Trinajstić information content (AvgIpc) is 2.56. The van der Waals surface area contributed by atoms with Crippen LogP contribution in [0.3, 0.4) is 0 Å². The fourth-order valence-electron chi connectivity index (χ4n) is 2.48. The van der Waals surface area contributed by atoms with Gasteiger partial charge in [0, 0.05) is 25.1 Å². The lowest BCUT2D eigenvalue weighted by atomic mass is 10.1. The highest BCUT2D eigenvalue weighted by Crippen LogP contribution is 2.18. The number of pyridine rings is 2. The van der Waals surface area contributed by atoms with Crippen molar-refractivity contribution in [2.75, 3.05) is 13.1 Å². The second kappa shape index (κ2) is 6.35.